The van der Waals surface area contributed by atoms with Crippen LogP contribution in [0.2, 0.25) is 5.02 Å². The summed E-state index contributed by atoms with van der Waals surface area (Å²) < 4.78 is 29.4. The van der Waals surface area contributed by atoms with Crippen molar-refractivity contribution in [2.45, 2.75) is 24.9 Å². The molecule has 2 aliphatic rings. The van der Waals surface area contributed by atoms with E-state index in [2.05, 4.69) is 4.98 Å². The number of aromatic nitrogens is 1. The molecule has 0 aliphatic carbocycles. The predicted octanol–water partition coefficient (Wildman–Crippen LogP) is 3.60. The van der Waals surface area contributed by atoms with Crippen molar-refractivity contribution >= 4 is 29.1 Å². The number of rotatable bonds is 5. The second kappa shape index (κ2) is 7.40. The molecule has 0 N–H and O–H groups in total. The largest absolute Gasteiger partial charge is 0.471 e. The number of nitrogens with zero attached hydrogens (tertiary/aromatic N) is 3. The van der Waals surface area contributed by atoms with Crippen LogP contribution in [-0.4, -0.2) is 52.8 Å². The second-order valence-corrected chi connectivity index (χ2v) is 6.94. The molecule has 140 valence electrons. The number of carbonyl (C=O) groups is 1. The van der Waals surface area contributed by atoms with Crippen molar-refractivity contribution < 1.29 is 18.3 Å². The van der Waals surface area contributed by atoms with Crippen molar-refractivity contribution in [2.75, 3.05) is 20.2 Å². The number of pyridine rings is 1. The van der Waals surface area contributed by atoms with Crippen molar-refractivity contribution in [1.82, 2.24) is 14.8 Å². The zero-order valence-electron chi connectivity index (χ0n) is 14.1. The lowest BCUT2D eigenvalue weighted by Crippen LogP contribution is -2.31. The number of likely N-dealkylation sites (N-methyl/N-ethyl adjacent to an activating group) is 1. The molecule has 2 unspecified atom stereocenters. The van der Waals surface area contributed by atoms with Gasteiger partial charge in [-0.1, -0.05) is 23.2 Å². The van der Waals surface area contributed by atoms with Crippen molar-refractivity contribution in [2.24, 2.45) is 0 Å². The van der Waals surface area contributed by atoms with Crippen LogP contribution in [-0.2, 0) is 4.79 Å². The predicted molar refractivity (Wildman–Crippen MR) is 94.4 cm³/mol. The van der Waals surface area contributed by atoms with Crippen LogP contribution >= 0.6 is 23.2 Å². The maximum atomic E-state index is 12.7. The first-order chi connectivity index (χ1) is 12.3. The molecule has 0 aromatic carbocycles. The van der Waals surface area contributed by atoms with Crippen LogP contribution in [0.4, 0.5) is 8.78 Å². The quantitative estimate of drug-likeness (QED) is 0.556. The molecule has 0 saturated heterocycles. The summed E-state index contributed by atoms with van der Waals surface area (Å²) in [6, 6.07) is 1.26. The van der Waals surface area contributed by atoms with E-state index in [1.54, 1.807) is 23.2 Å². The Balaban J connectivity index is 1.76. The Kier molecular flexibility index (Phi) is 5.39. The molecular weight excluding hydrogens is 387 g/mol. The monoisotopic (exact) mass is 403 g/mol. The number of alkyl halides is 3. The third kappa shape index (κ3) is 3.50. The van der Waals surface area contributed by atoms with Crippen LogP contribution in [0.5, 0.6) is 5.88 Å². The maximum absolute atomic E-state index is 12.7. The van der Waals surface area contributed by atoms with Gasteiger partial charge in [-0.05, 0) is 30.2 Å². The Hall–Kier alpha value is -1.86. The Morgan fingerprint density at radius 3 is 2.85 bits per heavy atom. The first kappa shape index (κ1) is 18.9. The molecule has 3 heterocycles. The molecule has 1 aromatic heterocycles. The van der Waals surface area contributed by atoms with Gasteiger partial charge < -0.3 is 14.5 Å². The van der Waals surface area contributed by atoms with E-state index in [9.17, 15) is 13.6 Å². The normalized spacial score (nSPS) is 20.9. The molecule has 0 radical (unpaired) electrons. The van der Waals surface area contributed by atoms with Gasteiger partial charge in [-0.3, -0.25) is 4.79 Å². The van der Waals surface area contributed by atoms with Crippen LogP contribution in [0.25, 0.3) is 0 Å². The van der Waals surface area contributed by atoms with E-state index in [1.165, 1.54) is 6.20 Å². The van der Waals surface area contributed by atoms with Crippen LogP contribution in [0, 0.1) is 0 Å². The minimum absolute atomic E-state index is 0.0570. The molecule has 2 aliphatic heterocycles. The molecule has 26 heavy (non-hydrogen) atoms. The molecule has 0 fully saturated rings. The summed E-state index contributed by atoms with van der Waals surface area (Å²) in [5, 5.41) is 0.120. The first-order valence-electron chi connectivity index (χ1n) is 7.94. The van der Waals surface area contributed by atoms with Gasteiger partial charge in [0.15, 0.2) is 6.61 Å². The number of hydrogen-bond donors (Lipinski definition) is 0. The van der Waals surface area contributed by atoms with Gasteiger partial charge >= 0.3 is 0 Å². The lowest BCUT2D eigenvalue weighted by molar-refractivity contribution is -0.127. The van der Waals surface area contributed by atoms with E-state index >= 15 is 0 Å². The summed E-state index contributed by atoms with van der Waals surface area (Å²) >= 11 is 12.5. The highest BCUT2D eigenvalue weighted by Crippen LogP contribution is 2.36. The topological polar surface area (TPSA) is 45.7 Å². The SMILES string of the molecule is CC(c1cnc(OCC(F)F)c(Cl)c1)N1CC2=C(C=CN(C)C2Cl)C1=O. The van der Waals surface area contributed by atoms with Crippen LogP contribution < -0.4 is 4.74 Å². The Bertz CT molecular complexity index is 785. The van der Waals surface area contributed by atoms with E-state index in [0.717, 1.165) is 5.57 Å². The zero-order valence-corrected chi connectivity index (χ0v) is 15.6. The van der Waals surface area contributed by atoms with Gasteiger partial charge in [0.25, 0.3) is 12.3 Å². The minimum atomic E-state index is -2.61. The molecule has 0 bridgehead atoms. The molecule has 2 atom stereocenters. The Morgan fingerprint density at radius 2 is 2.19 bits per heavy atom. The summed E-state index contributed by atoms with van der Waals surface area (Å²) in [4.78, 5) is 20.2. The lowest BCUT2D eigenvalue weighted by atomic mass is 10.1. The third-order valence-electron chi connectivity index (χ3n) is 4.42. The van der Waals surface area contributed by atoms with Gasteiger partial charge in [0, 0.05) is 31.6 Å². The van der Waals surface area contributed by atoms with Crippen molar-refractivity contribution in [3.8, 4) is 5.88 Å². The number of hydrogen-bond acceptors (Lipinski definition) is 4. The third-order valence-corrected chi connectivity index (χ3v) is 5.27. The van der Waals surface area contributed by atoms with Crippen LogP contribution in [0.3, 0.4) is 0 Å². The fraction of sp³-hybridized carbons (Fsp3) is 0.412. The van der Waals surface area contributed by atoms with E-state index in [4.69, 9.17) is 27.9 Å². The highest BCUT2D eigenvalue weighted by Gasteiger charge is 2.37. The fourth-order valence-corrected chi connectivity index (χ4v) is 3.42. The van der Waals surface area contributed by atoms with Crippen LogP contribution in [0.15, 0.2) is 35.7 Å². The summed E-state index contributed by atoms with van der Waals surface area (Å²) in [7, 11) is 1.84. The fourth-order valence-electron chi connectivity index (χ4n) is 2.94. The van der Waals surface area contributed by atoms with E-state index < -0.39 is 13.0 Å². The number of amides is 1. The minimum Gasteiger partial charge on any atom is -0.471 e. The van der Waals surface area contributed by atoms with Crippen molar-refractivity contribution in [3.05, 3.63) is 46.3 Å². The Morgan fingerprint density at radius 1 is 1.46 bits per heavy atom. The molecule has 1 amide bonds. The van der Waals surface area contributed by atoms with E-state index in [1.807, 2.05) is 18.9 Å². The zero-order chi connectivity index (χ0) is 19.0. The second-order valence-electron chi connectivity index (χ2n) is 6.12. The molecule has 0 spiro atoms. The average molecular weight is 404 g/mol. The van der Waals surface area contributed by atoms with Gasteiger partial charge in [-0.2, -0.15) is 0 Å². The van der Waals surface area contributed by atoms with Gasteiger partial charge in [0.05, 0.1) is 6.04 Å². The number of carbonyl (C=O) groups excluding carboxylic acids is 1. The summed E-state index contributed by atoms with van der Waals surface area (Å²) in [6.07, 6.45) is 2.40. The molecule has 5 nitrogen and oxygen atoms in total. The van der Waals surface area contributed by atoms with E-state index in [-0.39, 0.29) is 28.4 Å². The molecule has 1 aromatic rings. The first-order valence-corrected chi connectivity index (χ1v) is 8.75. The maximum Gasteiger partial charge on any atom is 0.272 e. The van der Waals surface area contributed by atoms with Crippen LogP contribution in [0.1, 0.15) is 18.5 Å². The summed E-state index contributed by atoms with van der Waals surface area (Å²) in [5.74, 6) is -0.171. The average Bonchev–Trinajstić information content (AvgIpc) is 2.93. The highest BCUT2D eigenvalue weighted by molar-refractivity contribution is 6.31. The molecule has 3 rings (SSSR count). The molecule has 0 saturated carbocycles. The highest BCUT2D eigenvalue weighted by atomic mass is 35.5. The van der Waals surface area contributed by atoms with Crippen molar-refractivity contribution in [1.29, 1.82) is 0 Å². The van der Waals surface area contributed by atoms with Gasteiger partial charge in [0.1, 0.15) is 10.5 Å². The van der Waals surface area contributed by atoms with Gasteiger partial charge in [-0.25, -0.2) is 13.8 Å². The van der Waals surface area contributed by atoms with Crippen molar-refractivity contribution in [3.63, 3.8) is 0 Å². The van der Waals surface area contributed by atoms with E-state index in [0.29, 0.717) is 17.7 Å². The standard InChI is InChI=1S/C17H17Cl2F2N3O2/c1-9(10-5-13(18)16(22-6-10)26-8-14(20)21)24-7-12-11(17(24)25)3-4-23(2)15(12)19/h3-6,9,14-15H,7-8H2,1-2H3. The van der Waals surface area contributed by atoms with Gasteiger partial charge in [-0.15, -0.1) is 0 Å². The number of halogens is 4. The summed E-state index contributed by atoms with van der Waals surface area (Å²) in [6.45, 7) is 1.47. The Labute approximate surface area is 159 Å². The summed E-state index contributed by atoms with van der Waals surface area (Å²) in [5.41, 5.74) is 1.76. The molecular formula is C17H17Cl2F2N3O2. The number of ether oxygens (including phenoxy) is 1. The molecule has 9 heteroatoms. The smallest absolute Gasteiger partial charge is 0.272 e. The van der Waals surface area contributed by atoms with Gasteiger partial charge in [0.2, 0.25) is 5.88 Å². The lowest BCUT2D eigenvalue weighted by Gasteiger charge is -2.27.